The van der Waals surface area contributed by atoms with Gasteiger partial charge in [0.1, 0.15) is 6.04 Å². The third-order valence-electron chi connectivity index (χ3n) is 3.76. The molecule has 17 heavy (non-hydrogen) atoms. The first kappa shape index (κ1) is 12.4. The van der Waals surface area contributed by atoms with E-state index in [0.717, 1.165) is 45.2 Å². The lowest BCUT2D eigenvalue weighted by Crippen LogP contribution is -2.54. The molecule has 96 valence electrons. The highest BCUT2D eigenvalue weighted by molar-refractivity contribution is 5.88. The number of carbonyl (C=O) groups is 2. The number of piperidine rings is 2. The Balaban J connectivity index is 2.02. The zero-order valence-corrected chi connectivity index (χ0v) is 10.2. The van der Waals surface area contributed by atoms with Crippen LogP contribution in [-0.2, 0) is 9.59 Å². The van der Waals surface area contributed by atoms with Crippen LogP contribution in [0.5, 0.6) is 0 Å². The van der Waals surface area contributed by atoms with Crippen LogP contribution in [0.1, 0.15) is 32.1 Å². The Morgan fingerprint density at radius 1 is 1.18 bits per heavy atom. The summed E-state index contributed by atoms with van der Waals surface area (Å²) in [6.07, 6.45) is 4.65. The van der Waals surface area contributed by atoms with Gasteiger partial charge in [-0.15, -0.1) is 0 Å². The number of nitrogens with two attached hydrogens (primary N) is 1. The Hall–Kier alpha value is -1.10. The first-order valence-electron chi connectivity index (χ1n) is 6.50. The van der Waals surface area contributed by atoms with E-state index >= 15 is 0 Å². The van der Waals surface area contributed by atoms with Gasteiger partial charge in [-0.1, -0.05) is 0 Å². The monoisotopic (exact) mass is 239 g/mol. The zero-order chi connectivity index (χ0) is 12.3. The van der Waals surface area contributed by atoms with Gasteiger partial charge in [0.15, 0.2) is 0 Å². The molecule has 0 aromatic heterocycles. The van der Waals surface area contributed by atoms with Gasteiger partial charge in [0, 0.05) is 13.1 Å². The third-order valence-corrected chi connectivity index (χ3v) is 3.76. The summed E-state index contributed by atoms with van der Waals surface area (Å²) in [5.41, 5.74) is 5.38. The van der Waals surface area contributed by atoms with Crippen molar-refractivity contribution in [2.75, 3.05) is 19.6 Å². The van der Waals surface area contributed by atoms with Crippen molar-refractivity contribution in [1.29, 1.82) is 0 Å². The van der Waals surface area contributed by atoms with Crippen LogP contribution in [0.4, 0.5) is 0 Å². The molecule has 0 aromatic carbocycles. The van der Waals surface area contributed by atoms with Crippen molar-refractivity contribution in [1.82, 2.24) is 10.2 Å². The molecular formula is C12H21N3O2. The fourth-order valence-corrected chi connectivity index (χ4v) is 2.79. The molecule has 2 aliphatic heterocycles. The summed E-state index contributed by atoms with van der Waals surface area (Å²) >= 11 is 0. The number of hydrogen-bond donors (Lipinski definition) is 2. The summed E-state index contributed by atoms with van der Waals surface area (Å²) in [5, 5.41) is 3.24. The molecule has 2 aliphatic rings. The average Bonchev–Trinajstić information content (AvgIpc) is 2.39. The number of nitrogens with zero attached hydrogens (tertiary/aromatic N) is 1. The molecule has 2 atom stereocenters. The van der Waals surface area contributed by atoms with Crippen LogP contribution in [0.2, 0.25) is 0 Å². The normalized spacial score (nSPS) is 30.0. The summed E-state index contributed by atoms with van der Waals surface area (Å²) in [6, 6.07) is -0.377. The zero-order valence-electron chi connectivity index (χ0n) is 10.2. The van der Waals surface area contributed by atoms with Gasteiger partial charge in [-0.25, -0.2) is 0 Å². The van der Waals surface area contributed by atoms with Crippen LogP contribution in [0.3, 0.4) is 0 Å². The fourth-order valence-electron chi connectivity index (χ4n) is 2.79. The Morgan fingerprint density at radius 2 is 2.00 bits per heavy atom. The molecule has 0 bridgehead atoms. The molecule has 0 aromatic rings. The van der Waals surface area contributed by atoms with E-state index in [-0.39, 0.29) is 23.8 Å². The van der Waals surface area contributed by atoms with E-state index in [1.54, 1.807) is 4.90 Å². The van der Waals surface area contributed by atoms with Gasteiger partial charge in [0.05, 0.1) is 5.92 Å². The average molecular weight is 239 g/mol. The van der Waals surface area contributed by atoms with Crippen molar-refractivity contribution >= 4 is 11.8 Å². The number of amides is 2. The van der Waals surface area contributed by atoms with Gasteiger partial charge in [0.25, 0.3) is 0 Å². The van der Waals surface area contributed by atoms with Gasteiger partial charge in [0.2, 0.25) is 11.8 Å². The molecule has 5 heteroatoms. The molecule has 0 spiro atoms. The highest BCUT2D eigenvalue weighted by Crippen LogP contribution is 2.21. The van der Waals surface area contributed by atoms with Gasteiger partial charge in [-0.2, -0.15) is 0 Å². The lowest BCUT2D eigenvalue weighted by Gasteiger charge is -2.37. The number of hydrogen-bond acceptors (Lipinski definition) is 3. The molecule has 0 saturated carbocycles. The van der Waals surface area contributed by atoms with Crippen molar-refractivity contribution < 1.29 is 9.59 Å². The molecule has 0 radical (unpaired) electrons. The van der Waals surface area contributed by atoms with Crippen molar-refractivity contribution in [2.24, 2.45) is 11.7 Å². The number of likely N-dealkylation sites (tertiary alicyclic amines) is 1. The number of primary amides is 1. The maximum absolute atomic E-state index is 12.3. The topological polar surface area (TPSA) is 75.4 Å². The van der Waals surface area contributed by atoms with Crippen molar-refractivity contribution in [3.63, 3.8) is 0 Å². The fraction of sp³-hybridized carbons (Fsp3) is 0.833. The molecule has 2 saturated heterocycles. The number of carbonyl (C=O) groups excluding carboxylic acids is 2. The van der Waals surface area contributed by atoms with E-state index in [1.165, 1.54) is 0 Å². The predicted molar refractivity (Wildman–Crippen MR) is 64.1 cm³/mol. The van der Waals surface area contributed by atoms with E-state index in [1.807, 2.05) is 0 Å². The highest BCUT2D eigenvalue weighted by atomic mass is 16.2. The standard InChI is InChI=1S/C12H21N3O2/c13-11(16)10-5-1-2-7-15(10)12(17)9-4-3-6-14-8-9/h9-10,14H,1-8H2,(H2,13,16)/t9-,10?/m0/s1. The van der Waals surface area contributed by atoms with Crippen LogP contribution in [0.15, 0.2) is 0 Å². The lowest BCUT2D eigenvalue weighted by atomic mass is 9.94. The van der Waals surface area contributed by atoms with Crippen LogP contribution >= 0.6 is 0 Å². The van der Waals surface area contributed by atoms with Crippen molar-refractivity contribution in [3.05, 3.63) is 0 Å². The Bertz CT molecular complexity index is 300. The van der Waals surface area contributed by atoms with Crippen molar-refractivity contribution in [3.8, 4) is 0 Å². The Morgan fingerprint density at radius 3 is 2.65 bits per heavy atom. The molecule has 5 nitrogen and oxygen atoms in total. The summed E-state index contributed by atoms with van der Waals surface area (Å²) in [5.74, 6) is -0.216. The first-order chi connectivity index (χ1) is 8.20. The van der Waals surface area contributed by atoms with Gasteiger partial charge < -0.3 is 16.0 Å². The van der Waals surface area contributed by atoms with Crippen LogP contribution in [0, 0.1) is 5.92 Å². The lowest BCUT2D eigenvalue weighted by molar-refractivity contribution is -0.144. The van der Waals surface area contributed by atoms with Gasteiger partial charge in [-0.3, -0.25) is 9.59 Å². The minimum atomic E-state index is -0.377. The van der Waals surface area contributed by atoms with Crippen LogP contribution < -0.4 is 11.1 Å². The second kappa shape index (κ2) is 5.49. The summed E-state index contributed by atoms with van der Waals surface area (Å²) in [7, 11) is 0. The quantitative estimate of drug-likeness (QED) is 0.704. The predicted octanol–water partition coefficient (Wildman–Crippen LogP) is -0.148. The van der Waals surface area contributed by atoms with Gasteiger partial charge >= 0.3 is 0 Å². The Kier molecular flexibility index (Phi) is 3.99. The van der Waals surface area contributed by atoms with E-state index < -0.39 is 0 Å². The first-order valence-corrected chi connectivity index (χ1v) is 6.50. The molecule has 3 N–H and O–H groups in total. The second-order valence-corrected chi connectivity index (χ2v) is 4.99. The summed E-state index contributed by atoms with van der Waals surface area (Å²) < 4.78 is 0. The minimum Gasteiger partial charge on any atom is -0.368 e. The minimum absolute atomic E-state index is 0.0312. The number of rotatable bonds is 2. The van der Waals surface area contributed by atoms with Gasteiger partial charge in [-0.05, 0) is 38.6 Å². The molecule has 2 rings (SSSR count). The van der Waals surface area contributed by atoms with Crippen LogP contribution in [0.25, 0.3) is 0 Å². The van der Waals surface area contributed by atoms with E-state index in [2.05, 4.69) is 5.32 Å². The molecule has 1 unspecified atom stereocenters. The van der Waals surface area contributed by atoms with Crippen molar-refractivity contribution in [2.45, 2.75) is 38.1 Å². The largest absolute Gasteiger partial charge is 0.368 e. The van der Waals surface area contributed by atoms with E-state index in [4.69, 9.17) is 5.73 Å². The Labute approximate surface area is 102 Å². The highest BCUT2D eigenvalue weighted by Gasteiger charge is 2.34. The maximum Gasteiger partial charge on any atom is 0.240 e. The summed E-state index contributed by atoms with van der Waals surface area (Å²) in [4.78, 5) is 25.4. The molecule has 2 heterocycles. The van der Waals surface area contributed by atoms with E-state index in [0.29, 0.717) is 6.54 Å². The second-order valence-electron chi connectivity index (χ2n) is 4.99. The van der Waals surface area contributed by atoms with E-state index in [9.17, 15) is 9.59 Å². The molecule has 2 fully saturated rings. The molecular weight excluding hydrogens is 218 g/mol. The molecule has 0 aliphatic carbocycles. The SMILES string of the molecule is NC(=O)C1CCCCN1C(=O)[C@H]1CCCNC1. The molecule has 2 amide bonds. The number of nitrogens with one attached hydrogen (secondary N) is 1. The smallest absolute Gasteiger partial charge is 0.240 e. The third kappa shape index (κ3) is 2.77. The van der Waals surface area contributed by atoms with Crippen LogP contribution in [-0.4, -0.2) is 42.4 Å². The summed E-state index contributed by atoms with van der Waals surface area (Å²) in [6.45, 7) is 2.41. The maximum atomic E-state index is 12.3.